The highest BCUT2D eigenvalue weighted by Gasteiger charge is 2.33. The molecule has 34 nitrogen and oxygen atoms in total. The molecule has 0 heterocycles. The first-order chi connectivity index (χ1) is 45.1. The molecule has 0 bridgehead atoms. The summed E-state index contributed by atoms with van der Waals surface area (Å²) in [5.74, 6) is -13.8. The quantitative estimate of drug-likeness (QED) is 0.0299. The average molecular weight is 1460 g/mol. The molecule has 0 fully saturated rings. The van der Waals surface area contributed by atoms with Crippen LogP contribution in [0.4, 0.5) is 4.79 Å². The third-order valence-electron chi connectivity index (χ3n) is 14.5. The van der Waals surface area contributed by atoms with Crippen molar-refractivity contribution < 1.29 is 113 Å². The summed E-state index contributed by atoms with van der Waals surface area (Å²) in [7, 11) is 0. The molecule has 95 heavy (non-hydrogen) atoms. The van der Waals surface area contributed by atoms with Gasteiger partial charge in [0.1, 0.15) is 42.0 Å². The molecule has 35 heteroatoms. The predicted octanol–water partition coefficient (Wildman–Crippen LogP) is -0.295. The second-order valence-electron chi connectivity index (χ2n) is 22.0. The minimum absolute atomic E-state index is 0.0334. The number of unbranched alkanes of at least 4 members (excludes halogenated alkanes) is 5. The van der Waals surface area contributed by atoms with Crippen molar-refractivity contribution in [2.45, 2.75) is 145 Å². The van der Waals surface area contributed by atoms with E-state index in [0.29, 0.717) is 44.1 Å². The van der Waals surface area contributed by atoms with Crippen LogP contribution in [0.5, 0.6) is 5.75 Å². The molecule has 7 amide bonds. The van der Waals surface area contributed by atoms with Gasteiger partial charge in [-0.05, 0) is 110 Å². The molecular formula is C60H88IN11O23. The number of urea groups is 1. The van der Waals surface area contributed by atoms with Crippen molar-refractivity contribution in [3.05, 3.63) is 63.2 Å². The molecule has 0 spiro atoms. The number of nitrogens with zero attached hydrogens (tertiary/aromatic N) is 2. The third-order valence-corrected chi connectivity index (χ3v) is 15.3. The standard InChI is InChI=1S/C60H88IN11O23/c61-39-33-38(18-21-45(39)73)53(70-48(76)22-20-44(59(93)94)72(29-27-63-35-51(81)82)31-30-71(36-52(83)84)28-26-62-34-50(79)80)55(86)67-43(32-37-12-4-3-5-13-37)54(85)66-40(56(87)88)14-8-10-24-64-46(74)16-6-1-2-7-17-47(75)65-25-11-9-15-41(57(89)90)68-60(95)69-42(58(91)92)19-23-49(77)78/h3-5,12-13,18,21,33,40-44,53,62-63,73H,1-2,6-11,14-17,19-20,22-32,34-36H2,(H,64,74)(H,65,75)(H,66,85)(H,67,86)(H,70,76)(H,77,78)(H,79,80)(H,81,82)(H,83,84)(H,87,88)(H,89,90)(H,91,92)(H,93,94)(H2,68,69,95)/t40?,41-,42-,43-,44?,53-/m0/s1. The summed E-state index contributed by atoms with van der Waals surface area (Å²) in [6.45, 7) is -1.10. The van der Waals surface area contributed by atoms with E-state index in [-0.39, 0.29) is 130 Å². The number of phenols is 1. The van der Waals surface area contributed by atoms with Gasteiger partial charge in [-0.15, -0.1) is 0 Å². The average Bonchev–Trinajstić information content (AvgIpc) is 0.892. The maximum absolute atomic E-state index is 14.5. The van der Waals surface area contributed by atoms with Crippen molar-refractivity contribution in [1.29, 1.82) is 0 Å². The number of carbonyl (C=O) groups excluding carboxylic acids is 6. The maximum atomic E-state index is 14.5. The van der Waals surface area contributed by atoms with Crippen molar-refractivity contribution in [3.8, 4) is 5.75 Å². The first-order valence-corrected chi connectivity index (χ1v) is 31.8. The fourth-order valence-electron chi connectivity index (χ4n) is 9.46. The number of halogens is 1. The van der Waals surface area contributed by atoms with E-state index in [2.05, 4.69) is 42.5 Å². The molecule has 0 aromatic heterocycles. The number of aliphatic carboxylic acids is 8. The Morgan fingerprint density at radius 3 is 1.47 bits per heavy atom. The van der Waals surface area contributed by atoms with E-state index in [0.717, 1.165) is 0 Å². The number of carboxylic acids is 8. The molecule has 2 aromatic rings. The molecule has 18 N–H and O–H groups in total. The number of benzene rings is 2. The van der Waals surface area contributed by atoms with Crippen LogP contribution in [-0.4, -0.2) is 241 Å². The summed E-state index contributed by atoms with van der Waals surface area (Å²) in [6.07, 6.45) is 1.79. The monoisotopic (exact) mass is 1460 g/mol. The Kier molecular flexibility index (Phi) is 40.1. The molecule has 0 aliphatic rings. The van der Waals surface area contributed by atoms with Crippen molar-refractivity contribution in [2.24, 2.45) is 0 Å². The van der Waals surface area contributed by atoms with Crippen molar-refractivity contribution in [1.82, 2.24) is 57.7 Å². The molecule has 2 rings (SSSR count). The topological polar surface area (TPSA) is 536 Å². The molecular weight excluding hydrogens is 1370 g/mol. The van der Waals surface area contributed by atoms with Gasteiger partial charge in [-0.2, -0.15) is 0 Å². The second kappa shape index (κ2) is 46.3. The van der Waals surface area contributed by atoms with Gasteiger partial charge in [-0.25, -0.2) is 19.2 Å². The van der Waals surface area contributed by atoms with Gasteiger partial charge >= 0.3 is 53.8 Å². The zero-order valence-corrected chi connectivity index (χ0v) is 54.6. The zero-order chi connectivity index (χ0) is 70.8. The van der Waals surface area contributed by atoms with Gasteiger partial charge in [-0.3, -0.25) is 57.7 Å². The lowest BCUT2D eigenvalue weighted by Crippen LogP contribution is -2.54. The lowest BCUT2D eigenvalue weighted by Gasteiger charge is -2.31. The van der Waals surface area contributed by atoms with E-state index in [4.69, 9.17) is 15.3 Å². The Bertz CT molecular complexity index is 2870. The Morgan fingerprint density at radius 1 is 0.442 bits per heavy atom. The molecule has 0 saturated carbocycles. The van der Waals surface area contributed by atoms with E-state index in [1.54, 1.807) is 52.9 Å². The number of carbonyl (C=O) groups is 14. The van der Waals surface area contributed by atoms with Crippen LogP contribution in [0.1, 0.15) is 120 Å². The molecule has 0 radical (unpaired) electrons. The Hall–Kier alpha value is -8.81. The molecule has 6 atom stereocenters. The summed E-state index contributed by atoms with van der Waals surface area (Å²) in [4.78, 5) is 176. The molecule has 0 aliphatic heterocycles. The number of phenolic OH excluding ortho intramolecular Hbond substituents is 1. The number of hydrogen-bond donors (Lipinski definition) is 18. The number of rotatable bonds is 53. The first-order valence-electron chi connectivity index (χ1n) is 30.8. The predicted molar refractivity (Wildman–Crippen MR) is 343 cm³/mol. The largest absolute Gasteiger partial charge is 0.507 e. The molecule has 528 valence electrons. The van der Waals surface area contributed by atoms with E-state index < -0.39 is 147 Å². The van der Waals surface area contributed by atoms with Crippen LogP contribution in [0, 0.1) is 3.57 Å². The summed E-state index contributed by atoms with van der Waals surface area (Å²) in [5, 5.41) is 109. The van der Waals surface area contributed by atoms with Gasteiger partial charge in [0.15, 0.2) is 0 Å². The van der Waals surface area contributed by atoms with E-state index in [1.165, 1.54) is 28.0 Å². The Morgan fingerprint density at radius 2 is 0.968 bits per heavy atom. The zero-order valence-electron chi connectivity index (χ0n) is 52.4. The highest BCUT2D eigenvalue weighted by Crippen LogP contribution is 2.25. The molecule has 2 aromatic carbocycles. The molecule has 2 unspecified atom stereocenters. The van der Waals surface area contributed by atoms with Gasteiger partial charge in [0, 0.05) is 84.5 Å². The Balaban J connectivity index is 2.01. The highest BCUT2D eigenvalue weighted by atomic mass is 127. The van der Waals surface area contributed by atoms with Crippen LogP contribution < -0.4 is 47.9 Å². The second-order valence-corrected chi connectivity index (χ2v) is 23.2. The van der Waals surface area contributed by atoms with Gasteiger partial charge in [0.25, 0.3) is 0 Å². The number of amides is 7. The fourth-order valence-corrected chi connectivity index (χ4v) is 10.00. The summed E-state index contributed by atoms with van der Waals surface area (Å²) >= 11 is 1.79. The fraction of sp³-hybridized carbons (Fsp3) is 0.567. The van der Waals surface area contributed by atoms with Crippen LogP contribution in [0.15, 0.2) is 48.5 Å². The summed E-state index contributed by atoms with van der Waals surface area (Å²) in [5.41, 5.74) is 0.679. The Labute approximate surface area is 560 Å². The van der Waals surface area contributed by atoms with Crippen LogP contribution in [0.25, 0.3) is 0 Å². The lowest BCUT2D eigenvalue weighted by atomic mass is 10.0. The number of aromatic hydroxyl groups is 1. The van der Waals surface area contributed by atoms with Crippen LogP contribution in [0.3, 0.4) is 0 Å². The van der Waals surface area contributed by atoms with E-state index in [1.807, 2.05) is 5.32 Å². The van der Waals surface area contributed by atoms with Gasteiger partial charge in [0.05, 0.1) is 23.2 Å². The van der Waals surface area contributed by atoms with Crippen molar-refractivity contribution in [3.63, 3.8) is 0 Å². The molecule has 0 saturated heterocycles. The van der Waals surface area contributed by atoms with Crippen LogP contribution in [0.2, 0.25) is 0 Å². The maximum Gasteiger partial charge on any atom is 0.326 e. The van der Waals surface area contributed by atoms with E-state index in [9.17, 15) is 97.8 Å². The SMILES string of the molecule is O=C(O)CC[C@H](NC(=O)N[C@@H](CCCCNC(=O)CCCCCCC(=O)NCCCCC(NC(=O)[C@H](Cc1ccccc1)NC(=O)[C@@H](NC(=O)CCC(C(=O)O)N(CCNCC(=O)O)CCN(CCNCC(=O)O)CC(=O)O)c1ccc(O)c(I)c1)C(=O)O)C(=O)O)C(=O)O. The lowest BCUT2D eigenvalue weighted by molar-refractivity contribution is -0.145. The number of carboxylic acid groups (broad SMARTS) is 8. The highest BCUT2D eigenvalue weighted by molar-refractivity contribution is 14.1. The normalized spacial score (nSPS) is 13.0. The van der Waals surface area contributed by atoms with Crippen LogP contribution in [-0.2, 0) is 68.7 Å². The van der Waals surface area contributed by atoms with Gasteiger partial charge in [-0.1, -0.05) is 49.2 Å². The third kappa shape index (κ3) is 37.0. The van der Waals surface area contributed by atoms with Crippen molar-refractivity contribution in [2.75, 3.05) is 72.0 Å². The van der Waals surface area contributed by atoms with Crippen LogP contribution >= 0.6 is 22.6 Å². The first kappa shape index (κ1) is 82.3. The van der Waals surface area contributed by atoms with Gasteiger partial charge in [0.2, 0.25) is 29.5 Å². The summed E-state index contributed by atoms with van der Waals surface area (Å²) < 4.78 is 0.261. The van der Waals surface area contributed by atoms with Gasteiger partial charge < -0.3 is 93.8 Å². The smallest absolute Gasteiger partial charge is 0.326 e. The number of hydrogen-bond acceptors (Lipinski definition) is 19. The number of nitrogens with one attached hydrogen (secondary N) is 9. The minimum atomic E-state index is -1.59. The molecule has 0 aliphatic carbocycles. The van der Waals surface area contributed by atoms with E-state index >= 15 is 0 Å². The summed E-state index contributed by atoms with van der Waals surface area (Å²) in [6, 6.07) is 2.47. The van der Waals surface area contributed by atoms with Crippen molar-refractivity contribution >= 4 is 106 Å². The minimum Gasteiger partial charge on any atom is -0.507 e.